The average Bonchev–Trinajstić information content (AvgIpc) is 3.51. The molecule has 4 heteroatoms. The molecule has 0 spiro atoms. The zero-order valence-corrected chi connectivity index (χ0v) is 39.7. The maximum absolute atomic E-state index is 9.87. The molecule has 0 bridgehead atoms. The number of phenols is 1. The van der Waals surface area contributed by atoms with Crippen LogP contribution in [0.15, 0.2) is 149 Å². The van der Waals surface area contributed by atoms with Gasteiger partial charge in [-0.05, 0) is 127 Å². The topological polar surface area (TPSA) is 45.5 Å². The predicted molar refractivity (Wildman–Crippen MR) is 271 cm³/mol. The number of benzene rings is 4. The Kier molecular flexibility index (Phi) is 22.4. The monoisotopic (exact) mass is 1000 g/mol. The summed E-state index contributed by atoms with van der Waals surface area (Å²) in [4.78, 5) is 8.59. The first-order chi connectivity index (χ1) is 29.2. The largest absolute Gasteiger partial charge is 0.507 e. The number of hydrogen-bond acceptors (Lipinski definition) is 3. The summed E-state index contributed by atoms with van der Waals surface area (Å²) in [6.07, 6.45) is 19.5. The van der Waals surface area contributed by atoms with Crippen molar-refractivity contribution in [2.45, 2.75) is 118 Å². The summed E-state index contributed by atoms with van der Waals surface area (Å²) >= 11 is 0. The number of phenolic OH excluding ortho intramolecular Hbond substituents is 1. The summed E-state index contributed by atoms with van der Waals surface area (Å²) in [7, 11) is 0. The molecule has 5 aromatic rings. The fourth-order valence-corrected chi connectivity index (χ4v) is 7.61. The number of nitrogens with zero attached hydrogens (tertiary/aromatic N) is 2. The molecule has 4 aromatic carbocycles. The normalized spacial score (nSPS) is 11.2. The molecule has 333 valence electrons. The Bertz CT molecular complexity index is 2340. The number of allylic oxidation sites excluding steroid dienone is 1. The molecule has 1 heterocycles. The third kappa shape index (κ3) is 15.5. The van der Waals surface area contributed by atoms with Crippen molar-refractivity contribution in [1.82, 2.24) is 4.98 Å². The molecular weight excluding hydrogens is 921 g/mol. The summed E-state index contributed by atoms with van der Waals surface area (Å²) in [6, 6.07) is 34.5. The Hall–Kier alpha value is -5.43. The van der Waals surface area contributed by atoms with Gasteiger partial charge < -0.3 is 10.1 Å². The summed E-state index contributed by atoms with van der Waals surface area (Å²) < 4.78 is 0. The van der Waals surface area contributed by atoms with Gasteiger partial charge in [-0.25, -0.2) is 0 Å². The standard InChI is InChI=1S/C31H32.C15H23NO.C11H8N.Ir.8H2/c1-5-7-9-11-13-15-21-31(22-16-14-12-10-8-6-2)29-23-25(3)17-19-27(29)28-20-18-26(4)24-30(28)31;1-4-5-6-7-8-16-11-14-10-12(2)9-13(3)15(14)17;1-2-6-10(7-3-1)11-8-4-5-9-12-11;;;;;;;;;/h17-21,23-24H,1,6,8,10,12,14,16,22H2,2-4H3;9-11,17H,4-8H2,1-3H3;1-6,8-9H;;8*1H/q;;-1;;;;;;;;;. The van der Waals surface area contributed by atoms with Gasteiger partial charge in [-0.3, -0.25) is 4.99 Å². The van der Waals surface area contributed by atoms with Crippen LogP contribution in [0.4, 0.5) is 0 Å². The minimum atomic E-state index is -0.180. The smallest absolute Gasteiger partial charge is 0.127 e. The molecule has 0 saturated carbocycles. The van der Waals surface area contributed by atoms with Gasteiger partial charge in [0, 0.05) is 61.5 Å². The van der Waals surface area contributed by atoms with E-state index in [1.165, 1.54) is 91.2 Å². The number of aryl methyl sites for hydroxylation is 4. The van der Waals surface area contributed by atoms with Crippen molar-refractivity contribution in [2.24, 2.45) is 4.99 Å². The maximum atomic E-state index is 9.87. The Morgan fingerprint density at radius 2 is 1.36 bits per heavy atom. The van der Waals surface area contributed by atoms with E-state index in [1.807, 2.05) is 68.4 Å². The third-order valence-electron chi connectivity index (χ3n) is 10.7. The Morgan fingerprint density at radius 1 is 0.721 bits per heavy atom. The number of hydrogen-bond donors (Lipinski definition) is 1. The number of rotatable bonds is 15. The summed E-state index contributed by atoms with van der Waals surface area (Å²) in [5, 5.41) is 9.87. The number of aromatic nitrogens is 1. The number of aliphatic imine (C=N–C) groups is 1. The molecule has 0 saturated heterocycles. The average molecular weight is 1000 g/mol. The van der Waals surface area contributed by atoms with Crippen LogP contribution < -0.4 is 0 Å². The van der Waals surface area contributed by atoms with Crippen molar-refractivity contribution in [3.05, 3.63) is 189 Å². The molecule has 3 nitrogen and oxygen atoms in total. The van der Waals surface area contributed by atoms with Crippen LogP contribution in [0.5, 0.6) is 5.75 Å². The number of pyridine rings is 1. The Morgan fingerprint density at radius 3 is 1.98 bits per heavy atom. The first kappa shape index (κ1) is 49.9. The van der Waals surface area contributed by atoms with Crippen LogP contribution in [0.25, 0.3) is 22.4 Å². The van der Waals surface area contributed by atoms with E-state index in [0.717, 1.165) is 47.3 Å². The Labute approximate surface area is 392 Å². The zero-order chi connectivity index (χ0) is 43.0. The van der Waals surface area contributed by atoms with Crippen LogP contribution in [0, 0.1) is 33.8 Å². The van der Waals surface area contributed by atoms with Crippen LogP contribution in [-0.2, 0) is 25.5 Å². The zero-order valence-electron chi connectivity index (χ0n) is 37.3. The van der Waals surface area contributed by atoms with E-state index in [-0.39, 0.29) is 36.9 Å². The second-order valence-electron chi connectivity index (χ2n) is 15.7. The maximum Gasteiger partial charge on any atom is 0.127 e. The minimum absolute atomic E-state index is 0. The molecule has 0 atom stereocenters. The van der Waals surface area contributed by atoms with Gasteiger partial charge in [-0.2, -0.15) is 0 Å². The van der Waals surface area contributed by atoms with Crippen LogP contribution in [0.1, 0.15) is 135 Å². The second-order valence-corrected chi connectivity index (χ2v) is 15.7. The van der Waals surface area contributed by atoms with E-state index in [2.05, 4.69) is 127 Å². The molecule has 1 radical (unpaired) electrons. The first-order valence-electron chi connectivity index (χ1n) is 21.8. The molecule has 1 aliphatic rings. The van der Waals surface area contributed by atoms with Crippen LogP contribution in [-0.4, -0.2) is 22.8 Å². The van der Waals surface area contributed by atoms with Gasteiger partial charge >= 0.3 is 0 Å². The fraction of sp³-hybridized carbons (Fsp3) is 0.333. The Balaban J connectivity index is -0.000000224. The van der Waals surface area contributed by atoms with Crippen LogP contribution in [0.3, 0.4) is 0 Å². The van der Waals surface area contributed by atoms with E-state index < -0.39 is 0 Å². The van der Waals surface area contributed by atoms with Gasteiger partial charge in [0.1, 0.15) is 5.75 Å². The number of fused-ring (bicyclic) bond motifs is 3. The molecular formula is C57H79IrN2O-. The summed E-state index contributed by atoms with van der Waals surface area (Å²) in [6.45, 7) is 17.1. The molecule has 0 aliphatic heterocycles. The van der Waals surface area contributed by atoms with Crippen molar-refractivity contribution in [1.29, 1.82) is 0 Å². The van der Waals surface area contributed by atoms with Gasteiger partial charge in [0.05, 0.1) is 0 Å². The summed E-state index contributed by atoms with van der Waals surface area (Å²) in [5.74, 6) is 0.355. The van der Waals surface area contributed by atoms with E-state index in [1.54, 1.807) is 12.4 Å². The molecule has 6 rings (SSSR count). The van der Waals surface area contributed by atoms with Crippen LogP contribution in [0.2, 0.25) is 0 Å². The van der Waals surface area contributed by atoms with Gasteiger partial charge in [-0.1, -0.05) is 149 Å². The molecule has 1 aliphatic carbocycles. The quantitative estimate of drug-likeness (QED) is 0.0492. The van der Waals surface area contributed by atoms with Crippen molar-refractivity contribution in [2.75, 3.05) is 6.54 Å². The third-order valence-corrected chi connectivity index (χ3v) is 10.7. The van der Waals surface area contributed by atoms with Crippen LogP contribution >= 0.6 is 0 Å². The fourth-order valence-electron chi connectivity index (χ4n) is 7.61. The van der Waals surface area contributed by atoms with Gasteiger partial charge in [-0.15, -0.1) is 35.9 Å². The molecule has 0 fully saturated rings. The van der Waals surface area contributed by atoms with Crippen molar-refractivity contribution in [3.8, 4) is 28.1 Å². The number of aromatic hydroxyl groups is 1. The van der Waals surface area contributed by atoms with Gasteiger partial charge in [0.2, 0.25) is 0 Å². The second kappa shape index (κ2) is 27.4. The molecule has 1 aromatic heterocycles. The van der Waals surface area contributed by atoms with E-state index in [0.29, 0.717) is 5.75 Å². The van der Waals surface area contributed by atoms with Crippen molar-refractivity contribution < 1.29 is 36.6 Å². The molecule has 0 unspecified atom stereocenters. The van der Waals surface area contributed by atoms with E-state index in [9.17, 15) is 5.11 Å². The molecule has 1 N–H and O–H groups in total. The predicted octanol–water partition coefficient (Wildman–Crippen LogP) is 17.0. The SMILES string of the molecule is C=C=C=C=C=C=C=CC1(CCCCCCCC)c2cc(C)ccc2-c2ccc(C)cc21.CCCCCCN=Cc1cc(C)cc(C)c1O.[HH].[HH].[HH].[HH].[HH].[HH].[HH].[HH].[Ir].[c-]1ccccc1-c1ccccn1. The first-order valence-corrected chi connectivity index (χ1v) is 21.8. The van der Waals surface area contributed by atoms with Gasteiger partial charge in [0.25, 0.3) is 0 Å². The van der Waals surface area contributed by atoms with Crippen molar-refractivity contribution >= 4 is 6.21 Å². The summed E-state index contributed by atoms with van der Waals surface area (Å²) in [5.41, 5.74) is 29.8. The van der Waals surface area contributed by atoms with E-state index in [4.69, 9.17) is 0 Å². The molecule has 61 heavy (non-hydrogen) atoms. The van der Waals surface area contributed by atoms with Crippen molar-refractivity contribution in [3.63, 3.8) is 0 Å². The van der Waals surface area contributed by atoms with Gasteiger partial charge in [0.15, 0.2) is 0 Å². The number of unbranched alkanes of at least 4 members (excludes halogenated alkanes) is 8. The molecule has 0 amide bonds. The minimum Gasteiger partial charge on any atom is -0.507 e. The van der Waals surface area contributed by atoms with E-state index >= 15 is 0 Å².